The molecule has 1 fully saturated rings. The summed E-state index contributed by atoms with van der Waals surface area (Å²) in [6, 6.07) is 6.65. The summed E-state index contributed by atoms with van der Waals surface area (Å²) < 4.78 is 0. The molecule has 0 radical (unpaired) electrons. The molecule has 18 heavy (non-hydrogen) atoms. The number of anilines is 1. The Morgan fingerprint density at radius 3 is 2.61 bits per heavy atom. The molecule has 3 N–H and O–H groups in total. The molecule has 1 aliphatic rings. The van der Waals surface area contributed by atoms with Gasteiger partial charge in [-0.2, -0.15) is 0 Å². The molecule has 2 rings (SSSR count). The van der Waals surface area contributed by atoms with Gasteiger partial charge in [0.15, 0.2) is 0 Å². The zero-order valence-electron chi connectivity index (χ0n) is 11.4. The third-order valence-corrected chi connectivity index (χ3v) is 4.55. The summed E-state index contributed by atoms with van der Waals surface area (Å²) in [7, 11) is 0. The van der Waals surface area contributed by atoms with E-state index in [2.05, 4.69) is 32.2 Å². The molecule has 0 amide bonds. The van der Waals surface area contributed by atoms with Gasteiger partial charge in [-0.05, 0) is 43.2 Å². The van der Waals surface area contributed by atoms with E-state index in [-0.39, 0.29) is 0 Å². The van der Waals surface area contributed by atoms with E-state index in [1.807, 2.05) is 12.1 Å². The second-order valence-electron chi connectivity index (χ2n) is 5.53. The molecule has 0 bridgehead atoms. The minimum absolute atomic E-state index is 0.472. The normalized spacial score (nSPS) is 27.2. The summed E-state index contributed by atoms with van der Waals surface area (Å²) in [6.45, 7) is 6.76. The highest BCUT2D eigenvalue weighted by Gasteiger charge is 2.30. The van der Waals surface area contributed by atoms with E-state index in [0.29, 0.717) is 16.9 Å². The van der Waals surface area contributed by atoms with Crippen molar-refractivity contribution >= 4 is 22.9 Å². The second kappa shape index (κ2) is 5.27. The van der Waals surface area contributed by atoms with E-state index in [1.54, 1.807) is 0 Å². The summed E-state index contributed by atoms with van der Waals surface area (Å²) in [5.41, 5.74) is 9.12. The molecule has 0 heterocycles. The number of rotatable bonds is 3. The van der Waals surface area contributed by atoms with Crippen LogP contribution < -0.4 is 11.1 Å². The summed E-state index contributed by atoms with van der Waals surface area (Å²) >= 11 is 5.14. The summed E-state index contributed by atoms with van der Waals surface area (Å²) in [4.78, 5) is 0.472. The average molecular weight is 262 g/mol. The molecule has 98 valence electrons. The van der Waals surface area contributed by atoms with Crippen LogP contribution in [0.2, 0.25) is 0 Å². The van der Waals surface area contributed by atoms with Gasteiger partial charge in [0, 0.05) is 17.3 Å². The third-order valence-electron chi connectivity index (χ3n) is 4.33. The third kappa shape index (κ3) is 2.51. The van der Waals surface area contributed by atoms with E-state index in [1.165, 1.54) is 18.4 Å². The standard InChI is InChI=1S/C15H22N2S/c1-9-7-8-13(11(9)3)17-14-10(2)5-4-6-12(14)15(16)18/h4-6,9,11,13,17H,7-8H2,1-3H3,(H2,16,18). The Morgan fingerprint density at radius 2 is 2.06 bits per heavy atom. The Bertz CT molecular complexity index is 456. The lowest BCUT2D eigenvalue weighted by Gasteiger charge is -2.23. The quantitative estimate of drug-likeness (QED) is 0.819. The van der Waals surface area contributed by atoms with Gasteiger partial charge in [0.05, 0.1) is 0 Å². The van der Waals surface area contributed by atoms with Gasteiger partial charge in [-0.15, -0.1) is 0 Å². The highest BCUT2D eigenvalue weighted by Crippen LogP contribution is 2.34. The molecule has 0 aromatic heterocycles. The van der Waals surface area contributed by atoms with E-state index in [0.717, 1.165) is 17.2 Å². The van der Waals surface area contributed by atoms with Gasteiger partial charge in [0.25, 0.3) is 0 Å². The zero-order valence-corrected chi connectivity index (χ0v) is 12.2. The number of thiocarbonyl (C=S) groups is 1. The van der Waals surface area contributed by atoms with Crippen LogP contribution in [0, 0.1) is 18.8 Å². The highest BCUT2D eigenvalue weighted by atomic mass is 32.1. The van der Waals surface area contributed by atoms with Crippen LogP contribution in [0.1, 0.15) is 37.8 Å². The first kappa shape index (κ1) is 13.3. The Kier molecular flexibility index (Phi) is 3.91. The van der Waals surface area contributed by atoms with Crippen molar-refractivity contribution < 1.29 is 0 Å². The molecular weight excluding hydrogens is 240 g/mol. The van der Waals surface area contributed by atoms with Crippen LogP contribution >= 0.6 is 12.2 Å². The van der Waals surface area contributed by atoms with Gasteiger partial charge in [0.1, 0.15) is 4.99 Å². The molecule has 0 aliphatic heterocycles. The predicted molar refractivity (Wildman–Crippen MR) is 82.0 cm³/mol. The van der Waals surface area contributed by atoms with E-state index >= 15 is 0 Å². The van der Waals surface area contributed by atoms with Crippen LogP contribution in [0.4, 0.5) is 5.69 Å². The molecule has 1 aromatic rings. The number of nitrogens with two attached hydrogens (primary N) is 1. The summed E-state index contributed by atoms with van der Waals surface area (Å²) in [5.74, 6) is 1.49. The average Bonchev–Trinajstić information content (AvgIpc) is 2.63. The number of aryl methyl sites for hydroxylation is 1. The van der Waals surface area contributed by atoms with Gasteiger partial charge in [-0.3, -0.25) is 0 Å². The van der Waals surface area contributed by atoms with Crippen LogP contribution in [0.25, 0.3) is 0 Å². The van der Waals surface area contributed by atoms with Gasteiger partial charge in [0.2, 0.25) is 0 Å². The second-order valence-corrected chi connectivity index (χ2v) is 5.97. The lowest BCUT2D eigenvalue weighted by molar-refractivity contribution is 0.435. The van der Waals surface area contributed by atoms with Crippen molar-refractivity contribution in [3.63, 3.8) is 0 Å². The fourth-order valence-corrected chi connectivity index (χ4v) is 2.99. The zero-order chi connectivity index (χ0) is 13.3. The molecule has 0 spiro atoms. The van der Waals surface area contributed by atoms with Gasteiger partial charge >= 0.3 is 0 Å². The Hall–Kier alpha value is -1.09. The van der Waals surface area contributed by atoms with Crippen LogP contribution in [0.15, 0.2) is 18.2 Å². The largest absolute Gasteiger partial charge is 0.389 e. The maximum absolute atomic E-state index is 5.81. The molecule has 0 saturated heterocycles. The van der Waals surface area contributed by atoms with Gasteiger partial charge in [-0.1, -0.05) is 38.2 Å². The van der Waals surface area contributed by atoms with Crippen molar-refractivity contribution in [1.82, 2.24) is 0 Å². The number of benzene rings is 1. The molecule has 1 saturated carbocycles. The molecule has 3 unspecified atom stereocenters. The molecular formula is C15H22N2S. The van der Waals surface area contributed by atoms with E-state index in [4.69, 9.17) is 18.0 Å². The van der Waals surface area contributed by atoms with Crippen LogP contribution in [-0.4, -0.2) is 11.0 Å². The summed E-state index contributed by atoms with van der Waals surface area (Å²) in [6.07, 6.45) is 2.53. The Labute approximate surface area is 115 Å². The molecule has 2 nitrogen and oxygen atoms in total. The monoisotopic (exact) mass is 262 g/mol. The minimum Gasteiger partial charge on any atom is -0.389 e. The van der Waals surface area contributed by atoms with E-state index < -0.39 is 0 Å². The minimum atomic E-state index is 0.472. The van der Waals surface area contributed by atoms with Gasteiger partial charge < -0.3 is 11.1 Å². The number of nitrogens with one attached hydrogen (secondary N) is 1. The van der Waals surface area contributed by atoms with Gasteiger partial charge in [-0.25, -0.2) is 0 Å². The van der Waals surface area contributed by atoms with Crippen LogP contribution in [0.3, 0.4) is 0 Å². The highest BCUT2D eigenvalue weighted by molar-refractivity contribution is 7.80. The molecule has 1 aromatic carbocycles. The van der Waals surface area contributed by atoms with E-state index in [9.17, 15) is 0 Å². The maximum atomic E-state index is 5.81. The maximum Gasteiger partial charge on any atom is 0.106 e. The SMILES string of the molecule is Cc1cccc(C(N)=S)c1NC1CCC(C)C1C. The predicted octanol–water partition coefficient (Wildman–Crippen LogP) is 3.48. The van der Waals surface area contributed by atoms with Crippen LogP contribution in [-0.2, 0) is 0 Å². The lowest BCUT2D eigenvalue weighted by atomic mass is 9.97. The fraction of sp³-hybridized carbons (Fsp3) is 0.533. The van der Waals surface area contributed by atoms with Crippen molar-refractivity contribution in [2.45, 2.75) is 39.7 Å². The molecule has 3 atom stereocenters. The lowest BCUT2D eigenvalue weighted by Crippen LogP contribution is -2.26. The Balaban J connectivity index is 2.26. The topological polar surface area (TPSA) is 38.0 Å². The first-order valence-electron chi connectivity index (χ1n) is 6.66. The van der Waals surface area contributed by atoms with Crippen molar-refractivity contribution in [3.05, 3.63) is 29.3 Å². The smallest absolute Gasteiger partial charge is 0.106 e. The molecule has 1 aliphatic carbocycles. The van der Waals surface area contributed by atoms with Crippen LogP contribution in [0.5, 0.6) is 0 Å². The summed E-state index contributed by atoms with van der Waals surface area (Å²) in [5, 5.41) is 3.67. The number of para-hydroxylation sites is 1. The molecule has 3 heteroatoms. The number of hydrogen-bond donors (Lipinski definition) is 2. The first-order valence-corrected chi connectivity index (χ1v) is 7.07. The Morgan fingerprint density at radius 1 is 1.33 bits per heavy atom. The number of hydrogen-bond acceptors (Lipinski definition) is 2. The first-order chi connectivity index (χ1) is 8.50. The van der Waals surface area contributed by atoms with Crippen molar-refractivity contribution in [1.29, 1.82) is 0 Å². The van der Waals surface area contributed by atoms with Crippen molar-refractivity contribution in [3.8, 4) is 0 Å². The van der Waals surface area contributed by atoms with Crippen molar-refractivity contribution in [2.75, 3.05) is 5.32 Å². The van der Waals surface area contributed by atoms with Crippen molar-refractivity contribution in [2.24, 2.45) is 17.6 Å². The fourth-order valence-electron chi connectivity index (χ4n) is 2.82.